The molecule has 2 aromatic heterocycles. The second-order valence-corrected chi connectivity index (χ2v) is 7.87. The zero-order valence-electron chi connectivity index (χ0n) is 14.6. The number of aromatic nitrogens is 2. The summed E-state index contributed by atoms with van der Waals surface area (Å²) in [5.41, 5.74) is 5.35. The average Bonchev–Trinajstić information content (AvgIpc) is 3.46. The zero-order chi connectivity index (χ0) is 17.5. The Balaban J connectivity index is 1.53. The molecule has 132 valence electrons. The number of carbonyl (C=O) groups excluding carboxylic acids is 1. The molecule has 5 heteroatoms. The van der Waals surface area contributed by atoms with Crippen molar-refractivity contribution in [2.45, 2.75) is 38.1 Å². The molecule has 0 N–H and O–H groups in total. The number of para-hydroxylation sites is 1. The van der Waals surface area contributed by atoms with Gasteiger partial charge in [0, 0.05) is 17.8 Å². The van der Waals surface area contributed by atoms with E-state index in [2.05, 4.69) is 29.0 Å². The fraction of sp³-hybridized carbons (Fsp3) is 0.333. The normalized spacial score (nSPS) is 19.1. The molecule has 1 unspecified atom stereocenters. The summed E-state index contributed by atoms with van der Waals surface area (Å²) in [6, 6.07) is 12.5. The smallest absolute Gasteiger partial charge is 0.275 e. The van der Waals surface area contributed by atoms with Crippen LogP contribution in [-0.2, 0) is 12.8 Å². The third-order valence-corrected chi connectivity index (χ3v) is 6.28. The minimum atomic E-state index is 0.103. The molecule has 1 aromatic carbocycles. The zero-order valence-corrected chi connectivity index (χ0v) is 15.4. The number of benzene rings is 1. The van der Waals surface area contributed by atoms with Gasteiger partial charge in [-0.2, -0.15) is 16.4 Å². The summed E-state index contributed by atoms with van der Waals surface area (Å²) in [5.74, 6) is 0.103. The van der Waals surface area contributed by atoms with Gasteiger partial charge in [-0.15, -0.1) is 0 Å². The molecule has 3 heterocycles. The number of hydrogen-bond donors (Lipinski definition) is 0. The van der Waals surface area contributed by atoms with Crippen molar-refractivity contribution in [1.29, 1.82) is 0 Å². The Labute approximate surface area is 157 Å². The maximum Gasteiger partial charge on any atom is 0.275 e. The van der Waals surface area contributed by atoms with E-state index in [1.807, 2.05) is 27.8 Å². The molecule has 1 aliphatic carbocycles. The van der Waals surface area contributed by atoms with Gasteiger partial charge in [0.15, 0.2) is 5.69 Å². The Bertz CT molecular complexity index is 930. The SMILES string of the molecule is O=C(c1nn(-c2ccccc2)c2c1CCC2)N1CCCC1c1ccsc1. The highest BCUT2D eigenvalue weighted by Crippen LogP contribution is 2.36. The van der Waals surface area contributed by atoms with Gasteiger partial charge in [-0.1, -0.05) is 18.2 Å². The summed E-state index contributed by atoms with van der Waals surface area (Å²) in [6.45, 7) is 0.826. The summed E-state index contributed by atoms with van der Waals surface area (Å²) >= 11 is 1.70. The molecular weight excluding hydrogens is 342 g/mol. The standard InChI is InChI=1S/C21H21N3OS/c25-21(23-12-5-10-18(23)15-11-13-26-14-15)20-17-8-4-9-19(17)24(22-20)16-6-2-1-3-7-16/h1-3,6-7,11,13-14,18H,4-5,8-10,12H2. The van der Waals surface area contributed by atoms with Gasteiger partial charge >= 0.3 is 0 Å². The van der Waals surface area contributed by atoms with Gasteiger partial charge in [0.1, 0.15) is 0 Å². The van der Waals surface area contributed by atoms with Crippen molar-refractivity contribution in [3.63, 3.8) is 0 Å². The Morgan fingerprint density at radius 3 is 2.81 bits per heavy atom. The second kappa shape index (κ2) is 6.40. The number of carbonyl (C=O) groups is 1. The predicted molar refractivity (Wildman–Crippen MR) is 103 cm³/mol. The lowest BCUT2D eigenvalue weighted by Crippen LogP contribution is -2.31. The van der Waals surface area contributed by atoms with Crippen LogP contribution in [0.15, 0.2) is 47.2 Å². The molecule has 26 heavy (non-hydrogen) atoms. The molecule has 1 saturated heterocycles. The van der Waals surface area contributed by atoms with Crippen molar-refractivity contribution in [2.24, 2.45) is 0 Å². The number of rotatable bonds is 3. The number of nitrogens with zero attached hydrogens (tertiary/aromatic N) is 3. The van der Waals surface area contributed by atoms with Crippen molar-refractivity contribution in [1.82, 2.24) is 14.7 Å². The molecule has 1 fully saturated rings. The first-order valence-corrected chi connectivity index (χ1v) is 10.3. The molecule has 1 atom stereocenters. The summed E-state index contributed by atoms with van der Waals surface area (Å²) in [4.78, 5) is 15.5. The molecule has 0 bridgehead atoms. The van der Waals surface area contributed by atoms with E-state index in [0.717, 1.165) is 49.9 Å². The van der Waals surface area contributed by atoms with Crippen LogP contribution >= 0.6 is 11.3 Å². The van der Waals surface area contributed by atoms with Crippen LogP contribution in [0, 0.1) is 0 Å². The molecule has 1 amide bonds. The van der Waals surface area contributed by atoms with Crippen LogP contribution in [0.5, 0.6) is 0 Å². The Hall–Kier alpha value is -2.40. The maximum atomic E-state index is 13.4. The number of amides is 1. The Kier molecular flexibility index (Phi) is 3.89. The second-order valence-electron chi connectivity index (χ2n) is 7.09. The van der Waals surface area contributed by atoms with Gasteiger partial charge in [0.2, 0.25) is 0 Å². The third-order valence-electron chi connectivity index (χ3n) is 5.58. The lowest BCUT2D eigenvalue weighted by Gasteiger charge is -2.23. The van der Waals surface area contributed by atoms with Crippen molar-refractivity contribution in [3.8, 4) is 5.69 Å². The van der Waals surface area contributed by atoms with E-state index in [-0.39, 0.29) is 11.9 Å². The van der Waals surface area contributed by atoms with E-state index < -0.39 is 0 Å². The van der Waals surface area contributed by atoms with E-state index in [1.165, 1.54) is 11.3 Å². The van der Waals surface area contributed by atoms with Crippen LogP contribution in [0.3, 0.4) is 0 Å². The maximum absolute atomic E-state index is 13.4. The Morgan fingerprint density at radius 1 is 1.12 bits per heavy atom. The van der Waals surface area contributed by atoms with E-state index in [1.54, 1.807) is 11.3 Å². The molecule has 3 aromatic rings. The highest BCUT2D eigenvalue weighted by molar-refractivity contribution is 7.08. The lowest BCUT2D eigenvalue weighted by atomic mass is 10.1. The van der Waals surface area contributed by atoms with Crippen molar-refractivity contribution in [3.05, 3.63) is 69.7 Å². The molecule has 1 aliphatic heterocycles. The largest absolute Gasteiger partial charge is 0.330 e. The van der Waals surface area contributed by atoms with Gasteiger partial charge in [0.05, 0.1) is 11.7 Å². The van der Waals surface area contributed by atoms with Crippen molar-refractivity contribution >= 4 is 17.2 Å². The number of fused-ring (bicyclic) bond motifs is 1. The fourth-order valence-corrected chi connectivity index (χ4v) is 5.06. The molecular formula is C21H21N3OS. The first-order valence-electron chi connectivity index (χ1n) is 9.32. The summed E-state index contributed by atoms with van der Waals surface area (Å²) in [6.07, 6.45) is 5.17. The van der Waals surface area contributed by atoms with Crippen LogP contribution < -0.4 is 0 Å². The minimum absolute atomic E-state index is 0.103. The summed E-state index contributed by atoms with van der Waals surface area (Å²) in [7, 11) is 0. The minimum Gasteiger partial charge on any atom is -0.330 e. The lowest BCUT2D eigenvalue weighted by molar-refractivity contribution is 0.0728. The van der Waals surface area contributed by atoms with Gasteiger partial charge in [0.25, 0.3) is 5.91 Å². The van der Waals surface area contributed by atoms with Gasteiger partial charge in [-0.3, -0.25) is 4.79 Å². The van der Waals surface area contributed by atoms with E-state index in [9.17, 15) is 4.79 Å². The van der Waals surface area contributed by atoms with Crippen LogP contribution in [0.4, 0.5) is 0 Å². The fourth-order valence-electron chi connectivity index (χ4n) is 4.35. The molecule has 5 rings (SSSR count). The summed E-state index contributed by atoms with van der Waals surface area (Å²) < 4.78 is 1.99. The predicted octanol–water partition coefficient (Wildman–Crippen LogP) is 4.40. The first kappa shape index (κ1) is 15.8. The molecule has 0 spiro atoms. The monoisotopic (exact) mass is 363 g/mol. The van der Waals surface area contributed by atoms with Gasteiger partial charge in [-0.25, -0.2) is 4.68 Å². The molecule has 4 nitrogen and oxygen atoms in total. The van der Waals surface area contributed by atoms with E-state index >= 15 is 0 Å². The van der Waals surface area contributed by atoms with Crippen LogP contribution in [0.2, 0.25) is 0 Å². The van der Waals surface area contributed by atoms with E-state index in [0.29, 0.717) is 5.69 Å². The topological polar surface area (TPSA) is 38.1 Å². The third kappa shape index (κ3) is 2.50. The number of likely N-dealkylation sites (tertiary alicyclic amines) is 1. The first-order chi connectivity index (χ1) is 12.8. The average molecular weight is 363 g/mol. The Morgan fingerprint density at radius 2 is 2.00 bits per heavy atom. The van der Waals surface area contributed by atoms with Gasteiger partial charge < -0.3 is 4.90 Å². The van der Waals surface area contributed by atoms with Crippen LogP contribution in [-0.4, -0.2) is 27.1 Å². The highest BCUT2D eigenvalue weighted by atomic mass is 32.1. The van der Waals surface area contributed by atoms with Crippen LogP contribution in [0.25, 0.3) is 5.69 Å². The number of thiophene rings is 1. The molecule has 2 aliphatic rings. The number of hydrogen-bond acceptors (Lipinski definition) is 3. The van der Waals surface area contributed by atoms with E-state index in [4.69, 9.17) is 5.10 Å². The molecule has 0 radical (unpaired) electrons. The highest BCUT2D eigenvalue weighted by Gasteiger charge is 2.35. The summed E-state index contributed by atoms with van der Waals surface area (Å²) in [5, 5.41) is 9.06. The quantitative estimate of drug-likeness (QED) is 0.692. The van der Waals surface area contributed by atoms with Crippen molar-refractivity contribution < 1.29 is 4.79 Å². The molecule has 0 saturated carbocycles. The van der Waals surface area contributed by atoms with Crippen LogP contribution in [0.1, 0.15) is 52.6 Å². The van der Waals surface area contributed by atoms with Gasteiger partial charge in [-0.05, 0) is 66.6 Å². The van der Waals surface area contributed by atoms with Crippen molar-refractivity contribution in [2.75, 3.05) is 6.54 Å².